The number of amides is 1. The Hall–Kier alpha value is -2.45. The molecular weight excluding hydrogens is 420 g/mol. The molecule has 3 aromatic rings. The second-order valence-electron chi connectivity index (χ2n) is 8.86. The largest absolute Gasteiger partial charge is 0.336 e. The molecule has 0 spiro atoms. The van der Waals surface area contributed by atoms with Crippen LogP contribution in [0.5, 0.6) is 0 Å². The van der Waals surface area contributed by atoms with Gasteiger partial charge in [-0.05, 0) is 44.4 Å². The van der Waals surface area contributed by atoms with Gasteiger partial charge in [0.25, 0.3) is 11.7 Å². The van der Waals surface area contributed by atoms with Gasteiger partial charge in [0.15, 0.2) is 0 Å². The number of aromatic nitrogens is 4. The summed E-state index contributed by atoms with van der Waals surface area (Å²) in [6.45, 7) is 7.58. The van der Waals surface area contributed by atoms with Crippen LogP contribution in [0.2, 0.25) is 0 Å². The molecule has 1 saturated carbocycles. The minimum absolute atomic E-state index is 0.142. The van der Waals surface area contributed by atoms with Crippen LogP contribution < -0.4 is 0 Å². The maximum atomic E-state index is 13.3. The number of hydrogen-bond acceptors (Lipinski definition) is 6. The van der Waals surface area contributed by atoms with E-state index >= 15 is 0 Å². The highest BCUT2D eigenvalue weighted by molar-refractivity contribution is 7.98. The van der Waals surface area contributed by atoms with Crippen LogP contribution in [0.3, 0.4) is 0 Å². The van der Waals surface area contributed by atoms with Gasteiger partial charge in [-0.2, -0.15) is 4.98 Å². The van der Waals surface area contributed by atoms with Crippen molar-refractivity contribution in [3.05, 3.63) is 52.8 Å². The number of carbonyl (C=O) groups excluding carboxylic acids is 1. The molecular formula is C24H30N6OS. The highest BCUT2D eigenvalue weighted by Crippen LogP contribution is 2.26. The van der Waals surface area contributed by atoms with Gasteiger partial charge in [-0.3, -0.25) is 9.69 Å². The number of hydrogen-bond donors (Lipinski definition) is 0. The second-order valence-corrected chi connectivity index (χ2v) is 9.80. The number of nitrogens with zero attached hydrogens (tertiary/aromatic N) is 6. The minimum Gasteiger partial charge on any atom is -0.336 e. The van der Waals surface area contributed by atoms with Crippen molar-refractivity contribution < 1.29 is 4.79 Å². The highest BCUT2D eigenvalue weighted by Gasteiger charge is 2.28. The van der Waals surface area contributed by atoms with E-state index in [1.165, 1.54) is 25.7 Å². The van der Waals surface area contributed by atoms with Gasteiger partial charge in [-0.25, -0.2) is 9.50 Å². The summed E-state index contributed by atoms with van der Waals surface area (Å²) in [4.78, 5) is 27.0. The third-order valence-corrected chi connectivity index (χ3v) is 7.53. The zero-order chi connectivity index (χ0) is 22.1. The predicted molar refractivity (Wildman–Crippen MR) is 126 cm³/mol. The third-order valence-electron chi connectivity index (χ3n) is 6.65. The van der Waals surface area contributed by atoms with E-state index in [0.717, 1.165) is 54.7 Å². The first-order valence-electron chi connectivity index (χ1n) is 11.5. The third kappa shape index (κ3) is 4.38. The van der Waals surface area contributed by atoms with Crippen LogP contribution >= 0.6 is 11.8 Å². The van der Waals surface area contributed by atoms with Crippen LogP contribution in [-0.2, 0) is 5.75 Å². The molecule has 0 bridgehead atoms. The van der Waals surface area contributed by atoms with E-state index < -0.39 is 0 Å². The molecule has 1 saturated heterocycles. The molecule has 1 aromatic carbocycles. The van der Waals surface area contributed by atoms with Gasteiger partial charge in [0.05, 0.1) is 0 Å². The summed E-state index contributed by atoms with van der Waals surface area (Å²) < 4.78 is 1.77. The Morgan fingerprint density at radius 3 is 2.59 bits per heavy atom. The fourth-order valence-corrected chi connectivity index (χ4v) is 5.76. The summed E-state index contributed by atoms with van der Waals surface area (Å²) in [5, 5.41) is 5.26. The lowest BCUT2D eigenvalue weighted by atomic mass is 10.1. The van der Waals surface area contributed by atoms with Crippen molar-refractivity contribution >= 4 is 23.4 Å². The lowest BCUT2D eigenvalue weighted by Crippen LogP contribution is -2.51. The molecule has 3 heterocycles. The Morgan fingerprint density at radius 1 is 1.06 bits per heavy atom. The summed E-state index contributed by atoms with van der Waals surface area (Å²) in [5.74, 6) is 1.41. The van der Waals surface area contributed by atoms with E-state index in [2.05, 4.69) is 20.0 Å². The van der Waals surface area contributed by atoms with Crippen molar-refractivity contribution in [1.29, 1.82) is 0 Å². The van der Waals surface area contributed by atoms with Gasteiger partial charge >= 0.3 is 0 Å². The Bertz CT molecular complexity index is 1110. The number of benzene rings is 1. The summed E-state index contributed by atoms with van der Waals surface area (Å²) in [5.41, 5.74) is 3.77. The first kappa shape index (κ1) is 21.4. The standard InChI is InChI=1S/C24H30N6OS/c1-17-15-18(2)30-23(25-17)26-24(27-30)32-16-19-7-3-6-10-21(19)22(31)29-13-11-28(12-14-29)20-8-4-5-9-20/h3,6-7,10,15,20H,4-5,8-9,11-14,16H2,1-2H3. The summed E-state index contributed by atoms with van der Waals surface area (Å²) in [6, 6.07) is 10.7. The van der Waals surface area contributed by atoms with E-state index in [0.29, 0.717) is 16.7 Å². The van der Waals surface area contributed by atoms with Gasteiger partial charge in [0, 0.05) is 54.9 Å². The van der Waals surface area contributed by atoms with Crippen molar-refractivity contribution in [2.24, 2.45) is 0 Å². The van der Waals surface area contributed by atoms with Crippen LogP contribution in [0.1, 0.15) is 53.0 Å². The maximum Gasteiger partial charge on any atom is 0.254 e. The van der Waals surface area contributed by atoms with E-state index in [-0.39, 0.29) is 5.91 Å². The van der Waals surface area contributed by atoms with Gasteiger partial charge in [0.2, 0.25) is 5.16 Å². The average molecular weight is 451 g/mol. The number of thioether (sulfide) groups is 1. The summed E-state index contributed by atoms with van der Waals surface area (Å²) >= 11 is 1.55. The molecule has 2 aromatic heterocycles. The Kier molecular flexibility index (Phi) is 6.15. The molecule has 5 rings (SSSR count). The fraction of sp³-hybridized carbons (Fsp3) is 0.500. The van der Waals surface area contributed by atoms with Crippen LogP contribution in [-0.4, -0.2) is 67.5 Å². The van der Waals surface area contributed by atoms with E-state index in [1.54, 1.807) is 16.3 Å². The van der Waals surface area contributed by atoms with Gasteiger partial charge < -0.3 is 4.90 Å². The second kappa shape index (κ2) is 9.19. The van der Waals surface area contributed by atoms with Crippen molar-refractivity contribution in [3.63, 3.8) is 0 Å². The summed E-state index contributed by atoms with van der Waals surface area (Å²) in [6.07, 6.45) is 5.34. The zero-order valence-electron chi connectivity index (χ0n) is 18.8. The predicted octanol–water partition coefficient (Wildman–Crippen LogP) is 3.73. The first-order chi connectivity index (χ1) is 15.6. The number of piperazine rings is 1. The van der Waals surface area contributed by atoms with Gasteiger partial charge in [0.1, 0.15) is 0 Å². The molecule has 2 fully saturated rings. The quantitative estimate of drug-likeness (QED) is 0.552. The molecule has 0 atom stereocenters. The maximum absolute atomic E-state index is 13.3. The lowest BCUT2D eigenvalue weighted by molar-refractivity contribution is 0.0572. The molecule has 1 amide bonds. The van der Waals surface area contributed by atoms with Crippen molar-refractivity contribution in [1.82, 2.24) is 29.4 Å². The normalized spacial score (nSPS) is 18.0. The smallest absolute Gasteiger partial charge is 0.254 e. The Balaban J connectivity index is 1.26. The topological polar surface area (TPSA) is 66.6 Å². The van der Waals surface area contributed by atoms with Crippen LogP contribution in [0.4, 0.5) is 0 Å². The molecule has 32 heavy (non-hydrogen) atoms. The van der Waals surface area contributed by atoms with Crippen molar-refractivity contribution in [2.75, 3.05) is 26.2 Å². The SMILES string of the molecule is Cc1cc(C)n2nc(SCc3ccccc3C(=O)N3CCN(C4CCCC4)CC3)nc2n1. The highest BCUT2D eigenvalue weighted by atomic mass is 32.2. The van der Waals surface area contributed by atoms with Crippen LogP contribution in [0, 0.1) is 13.8 Å². The zero-order valence-corrected chi connectivity index (χ0v) is 19.6. The Labute approximate surface area is 193 Å². The molecule has 2 aliphatic rings. The van der Waals surface area contributed by atoms with Gasteiger partial charge in [-0.1, -0.05) is 42.8 Å². The molecule has 0 unspecified atom stereocenters. The van der Waals surface area contributed by atoms with E-state index in [9.17, 15) is 4.79 Å². The minimum atomic E-state index is 0.142. The lowest BCUT2D eigenvalue weighted by Gasteiger charge is -2.38. The average Bonchev–Trinajstić information content (AvgIpc) is 3.48. The molecule has 8 heteroatoms. The number of carbonyl (C=O) groups is 1. The molecule has 168 valence electrons. The molecule has 1 aliphatic heterocycles. The Morgan fingerprint density at radius 2 is 1.81 bits per heavy atom. The van der Waals surface area contributed by atoms with E-state index in [1.807, 2.05) is 49.1 Å². The fourth-order valence-electron chi connectivity index (χ4n) is 4.94. The number of fused-ring (bicyclic) bond motifs is 1. The monoisotopic (exact) mass is 450 g/mol. The van der Waals surface area contributed by atoms with E-state index in [4.69, 9.17) is 0 Å². The molecule has 0 N–H and O–H groups in total. The summed E-state index contributed by atoms with van der Waals surface area (Å²) in [7, 11) is 0. The molecule has 1 aliphatic carbocycles. The van der Waals surface area contributed by atoms with Gasteiger partial charge in [-0.15, -0.1) is 5.10 Å². The van der Waals surface area contributed by atoms with Crippen molar-refractivity contribution in [3.8, 4) is 0 Å². The number of rotatable bonds is 5. The molecule has 7 nitrogen and oxygen atoms in total. The molecule has 0 radical (unpaired) electrons. The van der Waals surface area contributed by atoms with Crippen molar-refractivity contribution in [2.45, 2.75) is 56.5 Å². The van der Waals surface area contributed by atoms with Crippen LogP contribution in [0.15, 0.2) is 35.5 Å². The number of aryl methyl sites for hydroxylation is 2. The van der Waals surface area contributed by atoms with Crippen LogP contribution in [0.25, 0.3) is 5.78 Å². The first-order valence-corrected chi connectivity index (χ1v) is 12.5.